The summed E-state index contributed by atoms with van der Waals surface area (Å²) in [4.78, 5) is 23.4. The number of aromatic amines is 1. The molecule has 3 aromatic rings. The highest BCUT2D eigenvalue weighted by molar-refractivity contribution is 6.06. The fourth-order valence-corrected chi connectivity index (χ4v) is 4.29. The third-order valence-corrected chi connectivity index (χ3v) is 6.17. The maximum Gasteiger partial charge on any atom is 0.255 e. The molecule has 8 heteroatoms. The molecule has 8 nitrogen and oxygen atoms in total. The first-order valence-corrected chi connectivity index (χ1v) is 11.7. The number of fused-ring (bicyclic) bond motifs is 1. The molecule has 2 heterocycles. The van der Waals surface area contributed by atoms with Gasteiger partial charge in [-0.2, -0.15) is 0 Å². The number of hydrogen-bond donors (Lipinski definition) is 5. The second-order valence-electron chi connectivity index (χ2n) is 8.56. The number of aromatic nitrogens is 2. The number of amides is 1. The van der Waals surface area contributed by atoms with Crippen molar-refractivity contribution in [3.05, 3.63) is 53.3 Å². The number of nitrogens with one attached hydrogen (secondary N) is 5. The van der Waals surface area contributed by atoms with Crippen molar-refractivity contribution < 1.29 is 4.79 Å². The van der Waals surface area contributed by atoms with Crippen molar-refractivity contribution in [3.8, 4) is 0 Å². The Kier molecular flexibility index (Phi) is 7.36. The van der Waals surface area contributed by atoms with E-state index in [4.69, 9.17) is 10.4 Å². The Morgan fingerprint density at radius 2 is 2.15 bits per heavy atom. The lowest BCUT2D eigenvalue weighted by molar-refractivity contribution is 0.102. The van der Waals surface area contributed by atoms with Crippen molar-refractivity contribution in [1.29, 1.82) is 5.41 Å². The molecule has 0 bridgehead atoms. The summed E-state index contributed by atoms with van der Waals surface area (Å²) in [7, 11) is 0. The Labute approximate surface area is 194 Å². The number of nitrogens with zero attached hydrogens (tertiary/aromatic N) is 2. The van der Waals surface area contributed by atoms with E-state index in [9.17, 15) is 4.79 Å². The molecule has 1 saturated heterocycles. The molecule has 0 radical (unpaired) electrons. The van der Waals surface area contributed by atoms with Crippen LogP contribution in [0.5, 0.6) is 0 Å². The lowest BCUT2D eigenvalue weighted by Crippen LogP contribution is -2.26. The van der Waals surface area contributed by atoms with E-state index in [1.807, 2.05) is 24.3 Å². The normalized spacial score (nSPS) is 16.2. The highest BCUT2D eigenvalue weighted by Crippen LogP contribution is 2.22. The Hall–Kier alpha value is -3.23. The molecule has 1 amide bonds. The fourth-order valence-electron chi connectivity index (χ4n) is 4.29. The zero-order chi connectivity index (χ0) is 23.2. The molecule has 174 valence electrons. The average Bonchev–Trinajstić information content (AvgIpc) is 3.41. The molecule has 5 N–H and O–H groups in total. The first-order chi connectivity index (χ1) is 16.1. The fraction of sp³-hybridized carbons (Fsp3) is 0.400. The van der Waals surface area contributed by atoms with Crippen LogP contribution in [0.1, 0.15) is 48.4 Å². The number of carbonyl (C=O) groups is 1. The lowest BCUT2D eigenvalue weighted by atomic mass is 10.1. The predicted octanol–water partition coefficient (Wildman–Crippen LogP) is 3.82. The third-order valence-electron chi connectivity index (χ3n) is 6.17. The van der Waals surface area contributed by atoms with Crippen molar-refractivity contribution >= 4 is 34.5 Å². The van der Waals surface area contributed by atoms with Crippen LogP contribution in [0.3, 0.4) is 0 Å². The monoisotopic (exact) mass is 447 g/mol. The summed E-state index contributed by atoms with van der Waals surface area (Å²) in [5.74, 6) is 0.748. The van der Waals surface area contributed by atoms with Gasteiger partial charge in [0, 0.05) is 47.8 Å². The molecule has 0 spiro atoms. The first-order valence-electron chi connectivity index (χ1n) is 11.7. The number of anilines is 2. The maximum absolute atomic E-state index is 12.9. The Balaban J connectivity index is 1.43. The van der Waals surface area contributed by atoms with Crippen LogP contribution < -0.4 is 16.0 Å². The first kappa shape index (κ1) is 22.9. The molecular formula is C25H33N7O. The van der Waals surface area contributed by atoms with Crippen LogP contribution in [0.25, 0.3) is 11.0 Å². The topological polar surface area (TPSA) is 109 Å². The van der Waals surface area contributed by atoms with Gasteiger partial charge in [-0.25, -0.2) is 4.98 Å². The van der Waals surface area contributed by atoms with Crippen molar-refractivity contribution in [2.45, 2.75) is 39.3 Å². The number of benzene rings is 2. The zero-order valence-corrected chi connectivity index (χ0v) is 19.4. The van der Waals surface area contributed by atoms with Crippen molar-refractivity contribution in [2.24, 2.45) is 0 Å². The maximum atomic E-state index is 12.9. The molecular weight excluding hydrogens is 414 g/mol. The van der Waals surface area contributed by atoms with E-state index >= 15 is 0 Å². The standard InChI is InChI=1S/C25H33N7O/c1-3-27-10-11-28-21-8-6-18(13-19(21)15-26)25(33)29-20-7-9-22-23(14-20)31-24(30-22)16-32-12-4-5-17(32)2/h6-9,13-15,17,26-28H,3-5,10-12,16H2,1-2H3,(H,29,33)(H,30,31)/t17-/m0/s1. The molecule has 1 fully saturated rings. The van der Waals surface area contributed by atoms with Crippen molar-refractivity contribution in [2.75, 3.05) is 36.8 Å². The van der Waals surface area contributed by atoms with E-state index in [0.29, 0.717) is 22.9 Å². The summed E-state index contributed by atoms with van der Waals surface area (Å²) in [5.41, 5.74) is 4.56. The van der Waals surface area contributed by atoms with Crippen LogP contribution in [0, 0.1) is 5.41 Å². The summed E-state index contributed by atoms with van der Waals surface area (Å²) >= 11 is 0. The number of likely N-dealkylation sites (tertiary alicyclic amines) is 1. The molecule has 0 unspecified atom stereocenters. The Morgan fingerprint density at radius 3 is 2.91 bits per heavy atom. The predicted molar refractivity (Wildman–Crippen MR) is 135 cm³/mol. The summed E-state index contributed by atoms with van der Waals surface area (Å²) in [6.07, 6.45) is 3.75. The number of likely N-dealkylation sites (N-methyl/N-ethyl adjacent to an activating group) is 1. The summed E-state index contributed by atoms with van der Waals surface area (Å²) in [6.45, 7) is 8.77. The van der Waals surface area contributed by atoms with E-state index < -0.39 is 0 Å². The van der Waals surface area contributed by atoms with Gasteiger partial charge in [0.1, 0.15) is 5.82 Å². The minimum absolute atomic E-state index is 0.206. The van der Waals surface area contributed by atoms with E-state index in [2.05, 4.69) is 39.7 Å². The Bertz CT molecular complexity index is 1120. The highest BCUT2D eigenvalue weighted by Gasteiger charge is 2.21. The SMILES string of the molecule is CCNCCNc1ccc(C(=O)Nc2ccc3nc(CN4CCC[C@@H]4C)[nH]c3c2)cc1C=N. The van der Waals surface area contributed by atoms with Crippen molar-refractivity contribution in [1.82, 2.24) is 20.2 Å². The van der Waals surface area contributed by atoms with Gasteiger partial charge in [-0.15, -0.1) is 0 Å². The molecule has 2 aromatic carbocycles. The van der Waals surface area contributed by atoms with Crippen LogP contribution in [0.2, 0.25) is 0 Å². The van der Waals surface area contributed by atoms with Crippen LogP contribution in [-0.4, -0.2) is 59.2 Å². The summed E-state index contributed by atoms with van der Waals surface area (Å²) < 4.78 is 0. The second kappa shape index (κ2) is 10.6. The third kappa shape index (κ3) is 5.58. The molecule has 1 atom stereocenters. The van der Waals surface area contributed by atoms with Gasteiger partial charge in [-0.3, -0.25) is 9.69 Å². The van der Waals surface area contributed by atoms with Gasteiger partial charge in [0.05, 0.1) is 17.6 Å². The van der Waals surface area contributed by atoms with Crippen LogP contribution >= 0.6 is 0 Å². The molecule has 1 aliphatic rings. The molecule has 33 heavy (non-hydrogen) atoms. The van der Waals surface area contributed by atoms with E-state index in [1.54, 1.807) is 12.1 Å². The molecule has 0 saturated carbocycles. The van der Waals surface area contributed by atoms with Crippen LogP contribution in [0.4, 0.5) is 11.4 Å². The second-order valence-corrected chi connectivity index (χ2v) is 8.56. The average molecular weight is 448 g/mol. The van der Waals surface area contributed by atoms with E-state index in [1.165, 1.54) is 19.1 Å². The van der Waals surface area contributed by atoms with Gasteiger partial charge in [-0.1, -0.05) is 6.92 Å². The van der Waals surface area contributed by atoms with Gasteiger partial charge in [0.15, 0.2) is 0 Å². The van der Waals surface area contributed by atoms with Gasteiger partial charge >= 0.3 is 0 Å². The minimum Gasteiger partial charge on any atom is -0.383 e. The van der Waals surface area contributed by atoms with E-state index in [0.717, 1.165) is 55.3 Å². The van der Waals surface area contributed by atoms with Crippen LogP contribution in [-0.2, 0) is 6.54 Å². The lowest BCUT2D eigenvalue weighted by Gasteiger charge is -2.19. The van der Waals surface area contributed by atoms with Crippen LogP contribution in [0.15, 0.2) is 36.4 Å². The van der Waals surface area contributed by atoms with Gasteiger partial charge in [0.25, 0.3) is 5.91 Å². The van der Waals surface area contributed by atoms with Gasteiger partial charge < -0.3 is 26.3 Å². The Morgan fingerprint density at radius 1 is 1.27 bits per heavy atom. The smallest absolute Gasteiger partial charge is 0.255 e. The largest absolute Gasteiger partial charge is 0.383 e. The summed E-state index contributed by atoms with van der Waals surface area (Å²) in [5, 5.41) is 17.2. The number of rotatable bonds is 10. The van der Waals surface area contributed by atoms with Crippen molar-refractivity contribution in [3.63, 3.8) is 0 Å². The van der Waals surface area contributed by atoms with Gasteiger partial charge in [-0.05, 0) is 69.3 Å². The molecule has 1 aliphatic heterocycles. The molecule has 0 aliphatic carbocycles. The summed E-state index contributed by atoms with van der Waals surface area (Å²) in [6, 6.07) is 11.7. The molecule has 1 aromatic heterocycles. The van der Waals surface area contributed by atoms with Gasteiger partial charge in [0.2, 0.25) is 0 Å². The number of hydrogen-bond acceptors (Lipinski definition) is 6. The number of H-pyrrole nitrogens is 1. The molecule has 4 rings (SSSR count). The quantitative estimate of drug-likeness (QED) is 0.240. The number of imidazole rings is 1. The van der Waals surface area contributed by atoms with E-state index in [-0.39, 0.29) is 5.91 Å². The highest BCUT2D eigenvalue weighted by atomic mass is 16.1. The minimum atomic E-state index is -0.206. The number of carbonyl (C=O) groups excluding carboxylic acids is 1. The zero-order valence-electron chi connectivity index (χ0n) is 19.4.